The summed E-state index contributed by atoms with van der Waals surface area (Å²) in [5, 5.41) is 10.8. The largest absolute Gasteiger partial charge is 0.347 e. The van der Waals surface area contributed by atoms with Crippen LogP contribution < -0.4 is 0 Å². The molecule has 0 aliphatic carbocycles. The van der Waals surface area contributed by atoms with E-state index in [9.17, 15) is 5.26 Å². The highest BCUT2D eigenvalue weighted by Gasteiger charge is 2.11. The minimum atomic E-state index is 0.538. The van der Waals surface area contributed by atoms with Crippen LogP contribution in [0, 0.1) is 11.3 Å². The highest BCUT2D eigenvalue weighted by atomic mass is 15.0. The third kappa shape index (κ3) is 2.70. The smallest absolute Gasteiger partial charge is 0.149 e. The monoisotopic (exact) mass is 326 g/mol. The first-order valence-corrected chi connectivity index (χ1v) is 8.45. The zero-order valence-electron chi connectivity index (χ0n) is 14.0. The average Bonchev–Trinajstić information content (AvgIpc) is 3.22. The predicted molar refractivity (Wildman–Crippen MR) is 102 cm³/mol. The fraction of sp³-hybridized carbons (Fsp3) is 0.143. The lowest BCUT2D eigenvalue weighted by Crippen LogP contribution is -1.93. The molecule has 2 aromatic carbocycles. The van der Waals surface area contributed by atoms with Gasteiger partial charge in [-0.15, -0.1) is 0 Å². The third-order valence-corrected chi connectivity index (χ3v) is 4.35. The molecule has 0 bridgehead atoms. The summed E-state index contributed by atoms with van der Waals surface area (Å²) in [6.45, 7) is 3.13. The van der Waals surface area contributed by atoms with Gasteiger partial charge in [0.15, 0.2) is 0 Å². The number of benzene rings is 2. The summed E-state index contributed by atoms with van der Waals surface area (Å²) in [6, 6.07) is 18.4. The summed E-state index contributed by atoms with van der Waals surface area (Å²) >= 11 is 0. The summed E-state index contributed by atoms with van der Waals surface area (Å²) in [4.78, 5) is 7.79. The van der Waals surface area contributed by atoms with Crippen molar-refractivity contribution in [2.45, 2.75) is 19.9 Å². The molecular formula is C21H18N4. The molecular weight excluding hydrogens is 308 g/mol. The Kier molecular flexibility index (Phi) is 3.83. The lowest BCUT2D eigenvalue weighted by atomic mass is 10.1. The Hall–Kier alpha value is -3.32. The van der Waals surface area contributed by atoms with E-state index < -0.39 is 0 Å². The zero-order valence-corrected chi connectivity index (χ0v) is 14.0. The lowest BCUT2D eigenvalue weighted by molar-refractivity contribution is 0.703. The number of hydrogen-bond acceptors (Lipinski definition) is 2. The van der Waals surface area contributed by atoms with Crippen LogP contribution in [-0.4, -0.2) is 14.5 Å². The topological polar surface area (TPSA) is 57.4 Å². The summed E-state index contributed by atoms with van der Waals surface area (Å²) < 4.78 is 2.24. The average molecular weight is 326 g/mol. The predicted octanol–water partition coefficient (Wildman–Crippen LogP) is 4.99. The number of nitrogens with one attached hydrogen (secondary N) is 1. The normalized spacial score (nSPS) is 11.9. The number of nitriles is 1. The molecule has 4 heteroatoms. The van der Waals surface area contributed by atoms with Gasteiger partial charge in [-0.1, -0.05) is 37.3 Å². The first-order valence-electron chi connectivity index (χ1n) is 8.45. The summed E-state index contributed by atoms with van der Waals surface area (Å²) in [6.07, 6.45) is 5.11. The van der Waals surface area contributed by atoms with Crippen molar-refractivity contribution >= 4 is 33.6 Å². The summed E-state index contributed by atoms with van der Waals surface area (Å²) in [5.74, 6) is 0.607. The molecule has 0 spiro atoms. The molecule has 0 atom stereocenters. The highest BCUT2D eigenvalue weighted by molar-refractivity contribution is 5.98. The van der Waals surface area contributed by atoms with Gasteiger partial charge in [0.1, 0.15) is 11.9 Å². The van der Waals surface area contributed by atoms with Crippen molar-refractivity contribution in [3.05, 3.63) is 66.1 Å². The quantitative estimate of drug-likeness (QED) is 0.537. The molecule has 4 aromatic rings. The second-order valence-corrected chi connectivity index (χ2v) is 6.07. The van der Waals surface area contributed by atoms with Crippen molar-refractivity contribution in [1.29, 1.82) is 5.26 Å². The standard InChI is InChI=1S/C21H18N4/c1-2-11-25-14-16(17-7-3-6-10-20(17)25)12-15(13-22)21-23-18-8-4-5-9-19(18)24-21/h3-10,12,14H,2,11H2,1H3,(H,23,24)/b15-12-. The van der Waals surface area contributed by atoms with Gasteiger partial charge in [0.2, 0.25) is 0 Å². The Morgan fingerprint density at radius 3 is 2.80 bits per heavy atom. The number of rotatable bonds is 4. The van der Waals surface area contributed by atoms with Crippen molar-refractivity contribution in [1.82, 2.24) is 14.5 Å². The molecule has 4 nitrogen and oxygen atoms in total. The first-order chi connectivity index (χ1) is 12.3. The van der Waals surface area contributed by atoms with Gasteiger partial charge in [-0.2, -0.15) is 5.26 Å². The molecule has 0 saturated carbocycles. The Bertz CT molecular complexity index is 1090. The minimum absolute atomic E-state index is 0.538. The molecule has 0 saturated heterocycles. The number of hydrogen-bond donors (Lipinski definition) is 1. The van der Waals surface area contributed by atoms with Gasteiger partial charge in [0, 0.05) is 29.2 Å². The SMILES string of the molecule is CCCn1cc(/C=C(/C#N)c2nc3ccccc3[nH]2)c2ccccc21. The van der Waals surface area contributed by atoms with E-state index in [0.717, 1.165) is 34.9 Å². The lowest BCUT2D eigenvalue weighted by Gasteiger charge is -2.01. The Morgan fingerprint density at radius 1 is 1.20 bits per heavy atom. The Morgan fingerprint density at radius 2 is 2.00 bits per heavy atom. The van der Waals surface area contributed by atoms with Crippen LogP contribution in [0.5, 0.6) is 0 Å². The van der Waals surface area contributed by atoms with Crippen molar-refractivity contribution in [2.75, 3.05) is 0 Å². The molecule has 0 unspecified atom stereocenters. The van der Waals surface area contributed by atoms with Crippen LogP contribution in [0.15, 0.2) is 54.7 Å². The maximum Gasteiger partial charge on any atom is 0.149 e. The molecule has 0 fully saturated rings. The molecule has 4 rings (SSSR count). The van der Waals surface area contributed by atoms with Gasteiger partial charge in [-0.05, 0) is 30.7 Å². The second-order valence-electron chi connectivity index (χ2n) is 6.07. The maximum absolute atomic E-state index is 9.66. The number of aromatic nitrogens is 3. The van der Waals surface area contributed by atoms with Crippen molar-refractivity contribution in [3.63, 3.8) is 0 Å². The van der Waals surface area contributed by atoms with Gasteiger partial charge < -0.3 is 9.55 Å². The number of fused-ring (bicyclic) bond motifs is 2. The van der Waals surface area contributed by atoms with E-state index in [1.54, 1.807) is 0 Å². The molecule has 122 valence electrons. The first kappa shape index (κ1) is 15.2. The van der Waals surface area contributed by atoms with Crippen molar-refractivity contribution < 1.29 is 0 Å². The molecule has 0 aliphatic rings. The highest BCUT2D eigenvalue weighted by Crippen LogP contribution is 2.26. The molecule has 2 aromatic heterocycles. The minimum Gasteiger partial charge on any atom is -0.347 e. The fourth-order valence-electron chi connectivity index (χ4n) is 3.21. The van der Waals surface area contributed by atoms with Crippen molar-refractivity contribution in [3.8, 4) is 6.07 Å². The summed E-state index contributed by atoms with van der Waals surface area (Å²) in [5.41, 5.74) is 4.58. The van der Waals surface area contributed by atoms with E-state index in [1.165, 1.54) is 5.52 Å². The number of aromatic amines is 1. The van der Waals surface area contributed by atoms with E-state index >= 15 is 0 Å². The third-order valence-electron chi connectivity index (χ3n) is 4.35. The van der Waals surface area contributed by atoms with E-state index in [-0.39, 0.29) is 0 Å². The second kappa shape index (κ2) is 6.29. The van der Waals surface area contributed by atoms with Crippen LogP contribution in [0.25, 0.3) is 33.6 Å². The number of para-hydroxylation sites is 3. The van der Waals surface area contributed by atoms with Gasteiger partial charge in [-0.3, -0.25) is 0 Å². The van der Waals surface area contributed by atoms with E-state index in [0.29, 0.717) is 11.4 Å². The molecule has 2 heterocycles. The van der Waals surface area contributed by atoms with Gasteiger partial charge in [-0.25, -0.2) is 4.98 Å². The molecule has 0 radical (unpaired) electrons. The molecule has 0 aliphatic heterocycles. The van der Waals surface area contributed by atoms with Crippen molar-refractivity contribution in [2.24, 2.45) is 0 Å². The van der Waals surface area contributed by atoms with E-state index in [1.807, 2.05) is 42.5 Å². The fourth-order valence-corrected chi connectivity index (χ4v) is 3.21. The van der Waals surface area contributed by atoms with Crippen LogP contribution in [0.3, 0.4) is 0 Å². The summed E-state index contributed by atoms with van der Waals surface area (Å²) in [7, 11) is 0. The van der Waals surface area contributed by atoms with Gasteiger partial charge in [0.25, 0.3) is 0 Å². The van der Waals surface area contributed by atoms with Gasteiger partial charge in [0.05, 0.1) is 16.6 Å². The molecule has 0 amide bonds. The van der Waals surface area contributed by atoms with E-state index in [2.05, 4.69) is 45.9 Å². The maximum atomic E-state index is 9.66. The van der Waals surface area contributed by atoms with Crippen LogP contribution in [-0.2, 0) is 6.54 Å². The number of allylic oxidation sites excluding steroid dienone is 1. The zero-order chi connectivity index (χ0) is 17.2. The number of nitrogens with zero attached hydrogens (tertiary/aromatic N) is 3. The van der Waals surface area contributed by atoms with Crippen LogP contribution in [0.1, 0.15) is 24.7 Å². The van der Waals surface area contributed by atoms with Gasteiger partial charge >= 0.3 is 0 Å². The molecule has 1 N–H and O–H groups in total. The number of H-pyrrole nitrogens is 1. The van der Waals surface area contributed by atoms with Crippen LogP contribution in [0.4, 0.5) is 0 Å². The number of imidazole rings is 1. The molecule has 25 heavy (non-hydrogen) atoms. The Labute approximate surface area is 146 Å². The number of aryl methyl sites for hydroxylation is 1. The van der Waals surface area contributed by atoms with Crippen LogP contribution in [0.2, 0.25) is 0 Å². The Balaban J connectivity index is 1.85. The van der Waals surface area contributed by atoms with E-state index in [4.69, 9.17) is 0 Å². The van der Waals surface area contributed by atoms with Crippen LogP contribution >= 0.6 is 0 Å².